The molecule has 4 aromatic rings. The van der Waals surface area contributed by atoms with Gasteiger partial charge in [-0.2, -0.15) is 0 Å². The van der Waals surface area contributed by atoms with E-state index >= 15 is 0 Å². The highest BCUT2D eigenvalue weighted by molar-refractivity contribution is 5.83. The van der Waals surface area contributed by atoms with Gasteiger partial charge in [0.25, 0.3) is 0 Å². The number of hydrogen-bond donors (Lipinski definition) is 3. The van der Waals surface area contributed by atoms with E-state index in [4.69, 9.17) is 25.7 Å². The first-order chi connectivity index (χ1) is 18.5. The molecule has 1 heterocycles. The number of aromatic amines is 1. The molecule has 38 heavy (non-hydrogen) atoms. The van der Waals surface area contributed by atoms with Crippen molar-refractivity contribution in [3.8, 4) is 17.2 Å². The first-order valence-corrected chi connectivity index (χ1v) is 13.0. The van der Waals surface area contributed by atoms with Crippen molar-refractivity contribution >= 4 is 22.3 Å². The summed E-state index contributed by atoms with van der Waals surface area (Å²) in [4.78, 5) is 3.09. The summed E-state index contributed by atoms with van der Waals surface area (Å²) in [6.45, 7) is 14.2. The Balaban J connectivity index is 0.00000112. The monoisotopic (exact) mass is 523 g/mol. The number of rotatable bonds is 7. The van der Waals surface area contributed by atoms with Crippen molar-refractivity contribution in [3.63, 3.8) is 0 Å². The highest BCUT2D eigenvalue weighted by Crippen LogP contribution is 2.37. The molecule has 0 saturated heterocycles. The molecule has 206 valence electrons. The van der Waals surface area contributed by atoms with Crippen LogP contribution in [-0.4, -0.2) is 12.1 Å². The quantitative estimate of drug-likeness (QED) is 0.168. The van der Waals surface area contributed by atoms with E-state index < -0.39 is 5.82 Å². The molecule has 3 aromatic carbocycles. The number of methoxy groups -OCH3 is 1. The van der Waals surface area contributed by atoms with Crippen LogP contribution in [0, 0.1) is 12.7 Å². The van der Waals surface area contributed by atoms with Crippen molar-refractivity contribution in [2.75, 3.05) is 12.8 Å². The van der Waals surface area contributed by atoms with E-state index in [-0.39, 0.29) is 11.5 Å². The van der Waals surface area contributed by atoms with E-state index in [2.05, 4.69) is 4.98 Å². The maximum Gasteiger partial charge on any atom is 0.175 e. The molecule has 0 fully saturated rings. The molecule has 1 aromatic heterocycles. The highest BCUT2D eigenvalue weighted by atomic mass is 19.1. The van der Waals surface area contributed by atoms with Gasteiger partial charge < -0.3 is 30.7 Å². The highest BCUT2D eigenvalue weighted by Gasteiger charge is 2.18. The average Bonchev–Trinajstić information content (AvgIpc) is 3.37. The van der Waals surface area contributed by atoms with Gasteiger partial charge in [0.05, 0.1) is 7.11 Å². The number of halogens is 1. The van der Waals surface area contributed by atoms with Gasteiger partial charge in [-0.05, 0) is 36.8 Å². The van der Waals surface area contributed by atoms with Crippen molar-refractivity contribution in [3.05, 3.63) is 89.5 Å². The van der Waals surface area contributed by atoms with Crippen molar-refractivity contribution in [1.82, 2.24) is 4.98 Å². The molecular formula is C31H42FN3O3. The SMILES string of the molecule is CC.CC.CC.COc1cc(/C(=C\N)Oc2ccc3[nH]c(C)cc3c2F)c(N)cc1OCc1ccccc1. The number of fused-ring (bicyclic) bond motifs is 1. The van der Waals surface area contributed by atoms with Crippen LogP contribution in [0.25, 0.3) is 16.7 Å². The molecule has 0 amide bonds. The van der Waals surface area contributed by atoms with Crippen LogP contribution in [-0.2, 0) is 6.61 Å². The van der Waals surface area contributed by atoms with Crippen LogP contribution in [0.1, 0.15) is 58.4 Å². The largest absolute Gasteiger partial charge is 0.493 e. The smallest absolute Gasteiger partial charge is 0.175 e. The molecule has 5 N–H and O–H groups in total. The lowest BCUT2D eigenvalue weighted by atomic mass is 10.1. The minimum Gasteiger partial charge on any atom is -0.493 e. The second-order valence-electron chi connectivity index (χ2n) is 7.29. The predicted octanol–water partition coefficient (Wildman–Crippen LogP) is 8.20. The summed E-state index contributed by atoms with van der Waals surface area (Å²) < 4.78 is 32.2. The Morgan fingerprint density at radius 3 is 2.16 bits per heavy atom. The minimum absolute atomic E-state index is 0.0379. The van der Waals surface area contributed by atoms with Gasteiger partial charge >= 0.3 is 0 Å². The maximum atomic E-state index is 15.0. The molecule has 0 spiro atoms. The van der Waals surface area contributed by atoms with E-state index in [1.807, 2.05) is 78.8 Å². The van der Waals surface area contributed by atoms with Crippen LogP contribution in [0.2, 0.25) is 0 Å². The number of nitrogen functional groups attached to an aromatic ring is 1. The summed E-state index contributed by atoms with van der Waals surface area (Å²) >= 11 is 0. The van der Waals surface area contributed by atoms with Crippen LogP contribution in [0.4, 0.5) is 10.1 Å². The number of benzene rings is 3. The second kappa shape index (κ2) is 16.6. The number of aromatic nitrogens is 1. The lowest BCUT2D eigenvalue weighted by Crippen LogP contribution is -2.05. The molecule has 6 nitrogen and oxygen atoms in total. The van der Waals surface area contributed by atoms with E-state index in [1.165, 1.54) is 13.3 Å². The van der Waals surface area contributed by atoms with Gasteiger partial charge in [-0.3, -0.25) is 0 Å². The second-order valence-corrected chi connectivity index (χ2v) is 7.29. The van der Waals surface area contributed by atoms with Gasteiger partial charge in [-0.15, -0.1) is 0 Å². The Bertz CT molecular complexity index is 1280. The third-order valence-corrected chi connectivity index (χ3v) is 5.05. The van der Waals surface area contributed by atoms with Crippen molar-refractivity contribution < 1.29 is 18.6 Å². The predicted molar refractivity (Wildman–Crippen MR) is 158 cm³/mol. The third-order valence-electron chi connectivity index (χ3n) is 5.05. The van der Waals surface area contributed by atoms with Gasteiger partial charge in [-0.25, -0.2) is 4.39 Å². The zero-order valence-corrected chi connectivity index (χ0v) is 23.8. The summed E-state index contributed by atoms with van der Waals surface area (Å²) in [5.41, 5.74) is 15.4. The number of nitrogens with two attached hydrogens (primary N) is 2. The maximum absolute atomic E-state index is 15.0. The Labute approximate surface area is 226 Å². The number of anilines is 1. The van der Waals surface area contributed by atoms with Crippen LogP contribution < -0.4 is 25.7 Å². The molecule has 0 bridgehead atoms. The zero-order chi connectivity index (χ0) is 28.7. The molecule has 0 aliphatic rings. The fraction of sp³-hybridized carbons (Fsp3) is 0.290. The van der Waals surface area contributed by atoms with E-state index in [1.54, 1.807) is 30.3 Å². The molecule has 0 atom stereocenters. The van der Waals surface area contributed by atoms with E-state index in [0.717, 1.165) is 11.3 Å². The fourth-order valence-corrected chi connectivity index (χ4v) is 3.46. The lowest BCUT2D eigenvalue weighted by molar-refractivity contribution is 0.284. The standard InChI is InChI=1S/C25H24FN3O3.3C2H6/c1-15-10-18-20(29-15)8-9-21(25(18)26)32-24(13-27)17-11-22(30-2)23(12-19(17)28)31-14-16-6-4-3-5-7-16;3*1-2/h3-13,29H,14,27-28H2,1-2H3;3*1-2H3/b24-13+;;;. The molecule has 0 unspecified atom stereocenters. The summed E-state index contributed by atoms with van der Waals surface area (Å²) in [5.74, 6) is 0.672. The molecule has 7 heteroatoms. The molecule has 0 aliphatic heterocycles. The van der Waals surface area contributed by atoms with Gasteiger partial charge in [-0.1, -0.05) is 71.9 Å². The number of hydrogen-bond acceptors (Lipinski definition) is 5. The first kappa shape index (κ1) is 31.9. The Hall–Kier alpha value is -4.13. The van der Waals surface area contributed by atoms with Crippen LogP contribution in [0.3, 0.4) is 0 Å². The minimum atomic E-state index is -0.487. The third kappa shape index (κ3) is 7.93. The van der Waals surface area contributed by atoms with Gasteiger partial charge in [0.1, 0.15) is 6.61 Å². The van der Waals surface area contributed by atoms with Gasteiger partial charge in [0.15, 0.2) is 28.8 Å². The molecule has 4 rings (SSSR count). The summed E-state index contributed by atoms with van der Waals surface area (Å²) in [7, 11) is 1.53. The van der Waals surface area contributed by atoms with Gasteiger partial charge in [0, 0.05) is 40.1 Å². The number of ether oxygens (including phenoxy) is 3. The molecule has 0 aliphatic carbocycles. The normalized spacial score (nSPS) is 10.2. The topological polar surface area (TPSA) is 95.5 Å². The molecule has 0 radical (unpaired) electrons. The summed E-state index contributed by atoms with van der Waals surface area (Å²) in [6.07, 6.45) is 1.24. The molecular weight excluding hydrogens is 481 g/mol. The van der Waals surface area contributed by atoms with E-state index in [9.17, 15) is 4.39 Å². The van der Waals surface area contributed by atoms with Crippen molar-refractivity contribution in [2.45, 2.75) is 55.1 Å². The average molecular weight is 524 g/mol. The zero-order valence-electron chi connectivity index (χ0n) is 23.8. The Kier molecular flexibility index (Phi) is 13.9. The van der Waals surface area contributed by atoms with Gasteiger partial charge in [0.2, 0.25) is 0 Å². The first-order valence-electron chi connectivity index (χ1n) is 13.0. The summed E-state index contributed by atoms with van der Waals surface area (Å²) in [6, 6.07) is 18.1. The lowest BCUT2D eigenvalue weighted by Gasteiger charge is -2.17. The number of H-pyrrole nitrogens is 1. The summed E-state index contributed by atoms with van der Waals surface area (Å²) in [5, 5.41) is 0.437. The van der Waals surface area contributed by atoms with Crippen molar-refractivity contribution in [2.24, 2.45) is 5.73 Å². The fourth-order valence-electron chi connectivity index (χ4n) is 3.46. The van der Waals surface area contributed by atoms with Crippen LogP contribution >= 0.6 is 0 Å². The van der Waals surface area contributed by atoms with Crippen LogP contribution in [0.5, 0.6) is 17.2 Å². The Morgan fingerprint density at radius 1 is 0.895 bits per heavy atom. The van der Waals surface area contributed by atoms with Crippen molar-refractivity contribution in [1.29, 1.82) is 0 Å². The molecule has 0 saturated carbocycles. The van der Waals surface area contributed by atoms with Crippen LogP contribution in [0.15, 0.2) is 66.9 Å². The number of aryl methyl sites for hydroxylation is 1. The Morgan fingerprint density at radius 2 is 1.55 bits per heavy atom. The van der Waals surface area contributed by atoms with E-state index in [0.29, 0.717) is 40.3 Å². The number of nitrogens with one attached hydrogen (secondary N) is 1.